The van der Waals surface area contributed by atoms with Crippen LogP contribution in [0, 0.1) is 62.3 Å². The van der Waals surface area contributed by atoms with Crippen molar-refractivity contribution in [2.24, 2.45) is 0 Å². The molecule has 12 heterocycles. The van der Waals surface area contributed by atoms with Gasteiger partial charge in [0, 0.05) is 111 Å². The number of anilines is 12. The number of rotatable bonds is 27. The number of nitrogens with zero attached hydrogens (tertiary/aromatic N) is 15. The molecule has 0 spiro atoms. The van der Waals surface area contributed by atoms with Crippen molar-refractivity contribution in [3.8, 4) is 0 Å². The second-order valence-electron chi connectivity index (χ2n) is 32.5. The zero-order valence-corrected chi connectivity index (χ0v) is 72.3. The Hall–Kier alpha value is -9.07. The van der Waals surface area contributed by atoms with Gasteiger partial charge in [-0.25, -0.2) is 27.7 Å². The Bertz CT molecular complexity index is 4980. The molecule has 0 radical (unpaired) electrons. The second-order valence-corrected chi connectivity index (χ2v) is 35.8. The van der Waals surface area contributed by atoms with Crippen LogP contribution in [0.3, 0.4) is 0 Å². The van der Waals surface area contributed by atoms with Crippen molar-refractivity contribution >= 4 is 126 Å². The van der Waals surface area contributed by atoms with Crippen molar-refractivity contribution in [3.05, 3.63) is 155 Å². The third-order valence-electron chi connectivity index (χ3n) is 23.5. The predicted octanol–water partition coefficient (Wildman–Crippen LogP) is 16.6. The van der Waals surface area contributed by atoms with Crippen molar-refractivity contribution < 1.29 is 18.0 Å². The maximum Gasteiger partial charge on any atom is 0.229 e. The summed E-state index contributed by atoms with van der Waals surface area (Å²) >= 11 is 19.0. The van der Waals surface area contributed by atoms with Gasteiger partial charge in [-0.1, -0.05) is 53.0 Å². The molecule has 6 aliphatic rings. The highest BCUT2D eigenvalue weighted by Crippen LogP contribution is 2.39. The molecule has 117 heavy (non-hydrogen) atoms. The van der Waals surface area contributed by atoms with E-state index in [1.54, 1.807) is 22.9 Å². The molecule has 9 aromatic rings. The molecule has 6 aromatic heterocycles. The molecule has 6 saturated heterocycles. The molecule has 3 aromatic carbocycles. The highest BCUT2D eigenvalue weighted by Gasteiger charge is 2.32. The van der Waals surface area contributed by atoms with Gasteiger partial charge in [0.2, 0.25) is 39.7 Å². The van der Waals surface area contributed by atoms with E-state index in [0.29, 0.717) is 130 Å². The maximum atomic E-state index is 13.0. The molecule has 32 heteroatoms. The van der Waals surface area contributed by atoms with E-state index in [4.69, 9.17) is 34.8 Å². The third kappa shape index (κ3) is 23.5. The van der Waals surface area contributed by atoms with Crippen molar-refractivity contribution in [2.75, 3.05) is 136 Å². The first-order valence-electron chi connectivity index (χ1n) is 41.7. The smallest absolute Gasteiger partial charge is 0.229 e. The zero-order chi connectivity index (χ0) is 82.3. The molecule has 2 amide bonds. The van der Waals surface area contributed by atoms with Gasteiger partial charge in [0.25, 0.3) is 0 Å². The number of piperidine rings is 3. The van der Waals surface area contributed by atoms with Crippen LogP contribution in [0.5, 0.6) is 0 Å². The van der Waals surface area contributed by atoms with Gasteiger partial charge in [0.1, 0.15) is 15.1 Å². The van der Waals surface area contributed by atoms with E-state index >= 15 is 0 Å². The van der Waals surface area contributed by atoms with Crippen LogP contribution < -0.4 is 31.9 Å². The molecule has 626 valence electrons. The fourth-order valence-electron chi connectivity index (χ4n) is 16.9. The van der Waals surface area contributed by atoms with Gasteiger partial charge in [0.05, 0.1) is 24.3 Å². The van der Waals surface area contributed by atoms with Gasteiger partial charge < -0.3 is 56.4 Å². The number of nitrogens with one attached hydrogen (secondary N) is 9. The van der Waals surface area contributed by atoms with E-state index in [0.717, 1.165) is 168 Å². The summed E-state index contributed by atoms with van der Waals surface area (Å²) in [6, 6.07) is 18.8. The molecule has 0 atom stereocenters. The number of sulfonamides is 1. The maximum absolute atomic E-state index is 13.0. The SMILES string of the molecule is Cc1cc(Nc2nc(Nc3cc(C)c(C4CCN(C(=O)CCCN5CCCC5)CC4)cc3C)ncc2Cl)n[nH]1.Cc1cc(Nc2nc(Nc3cc(C)c(C4CCN(C(=O)CCN5CCCC5)CC4)cc3C)ncc2Cl)n[nH]1.Cc1cc(Nc2nc(Nc3cc(C)c(C4CCN(S(=O)(=O)CCCN5CCCC5)CC4)cc3C)ncc2Cl)n[nH]1. The number of benzene rings is 3. The van der Waals surface area contributed by atoms with Crippen LogP contribution in [0.2, 0.25) is 15.1 Å². The zero-order valence-electron chi connectivity index (χ0n) is 69.2. The van der Waals surface area contributed by atoms with Crippen LogP contribution in [0.4, 0.5) is 69.8 Å². The Morgan fingerprint density at radius 3 is 1.04 bits per heavy atom. The Morgan fingerprint density at radius 2 is 0.709 bits per heavy atom. The van der Waals surface area contributed by atoms with E-state index in [1.165, 1.54) is 85.0 Å². The molecule has 0 unspecified atom stereocenters. The molecular weight excluding hydrogens is 1560 g/mol. The Labute approximate surface area is 703 Å². The fraction of sp³-hybridized carbons (Fsp3) is 0.518. The summed E-state index contributed by atoms with van der Waals surface area (Å²) in [5.41, 5.74) is 16.6. The average molecular weight is 1680 g/mol. The van der Waals surface area contributed by atoms with Crippen LogP contribution in [0.25, 0.3) is 0 Å². The van der Waals surface area contributed by atoms with Gasteiger partial charge in [-0.05, 0) is 291 Å². The van der Waals surface area contributed by atoms with Crippen molar-refractivity contribution in [1.29, 1.82) is 0 Å². The van der Waals surface area contributed by atoms with Crippen molar-refractivity contribution in [3.63, 3.8) is 0 Å². The average Bonchev–Trinajstić information content (AvgIpc) is 1.77. The quantitative estimate of drug-likeness (QED) is 0.0231. The topological polar surface area (TPSA) is 323 Å². The Kier molecular flexibility index (Phi) is 29.4. The molecule has 28 nitrogen and oxygen atoms in total. The van der Waals surface area contributed by atoms with E-state index in [-0.39, 0.29) is 5.75 Å². The molecule has 9 N–H and O–H groups in total. The molecule has 0 aliphatic carbocycles. The van der Waals surface area contributed by atoms with E-state index in [2.05, 4.69) is 195 Å². The van der Waals surface area contributed by atoms with Crippen LogP contribution in [-0.4, -0.2) is 213 Å². The van der Waals surface area contributed by atoms with Crippen LogP contribution >= 0.6 is 34.8 Å². The summed E-state index contributed by atoms with van der Waals surface area (Å²) in [5.74, 6) is 6.84. The lowest BCUT2D eigenvalue weighted by Gasteiger charge is -2.33. The molecule has 6 aliphatic heterocycles. The number of amides is 2. The number of aromatic nitrogens is 12. The van der Waals surface area contributed by atoms with Gasteiger partial charge in [-0.2, -0.15) is 30.2 Å². The van der Waals surface area contributed by atoms with Gasteiger partial charge in [-0.15, -0.1) is 0 Å². The fourth-order valence-corrected chi connectivity index (χ4v) is 18.9. The first-order valence-corrected chi connectivity index (χ1v) is 44.4. The molecule has 6 fully saturated rings. The normalized spacial score (nSPS) is 16.9. The number of hydrogen-bond acceptors (Lipinski definition) is 22. The number of likely N-dealkylation sites (tertiary alicyclic amines) is 5. The largest absolute Gasteiger partial charge is 0.343 e. The summed E-state index contributed by atoms with van der Waals surface area (Å²) in [5, 5.41) is 41.9. The molecule has 15 rings (SSSR count). The first-order chi connectivity index (χ1) is 56.4. The lowest BCUT2D eigenvalue weighted by molar-refractivity contribution is -0.133. The number of aryl methyl sites for hydroxylation is 9. The number of aromatic amines is 3. The lowest BCUT2D eigenvalue weighted by atomic mass is 9.85. The number of halogens is 3. The Morgan fingerprint density at radius 1 is 0.393 bits per heavy atom. The van der Waals surface area contributed by atoms with Gasteiger partial charge in [-0.3, -0.25) is 24.9 Å². The summed E-state index contributed by atoms with van der Waals surface area (Å²) in [6.45, 7) is 32.8. The monoisotopic (exact) mass is 1670 g/mol. The van der Waals surface area contributed by atoms with Crippen molar-refractivity contribution in [1.82, 2.24) is 89.3 Å². The third-order valence-corrected chi connectivity index (χ3v) is 26.3. The van der Waals surface area contributed by atoms with Crippen molar-refractivity contribution in [2.45, 2.75) is 183 Å². The van der Waals surface area contributed by atoms with Crippen LogP contribution in [0.1, 0.15) is 188 Å². The minimum atomic E-state index is -3.20. The standard InChI is InChI=1S/C29H39ClN8O.C28H39ClN8O2S.C28H37ClN8O/c1-19-16-25(32-29-31-18-24(30)28(34-29)33-26-17-21(3)35-36-26)20(2)15-23(19)22-8-13-38(14-9-22)27(39)7-6-12-37-10-4-5-11-37;1-19-16-25(31-28-30-18-24(29)27(33-28)32-26-17-21(3)34-35-26)20(2)15-23(19)22-7-12-37(13-8-22)40(38,39)14-6-11-36-9-4-5-10-36;1-18-15-24(31-28-30-17-23(29)27(33-28)32-25-16-20(3)34-35-25)19(2)14-22(18)21-6-12-37(13-7-21)26(38)8-11-36-9-4-5-10-36/h15-18,22H,4-14H2,1-3H3,(H3,31,32,33,34,35,36);15-18,22H,4-14H2,1-3H3,(H3,30,31,32,33,34,35);14-17,21H,4-13H2,1-3H3,(H3,30,31,32,33,34,35). The minimum Gasteiger partial charge on any atom is -0.343 e. The molecule has 0 saturated carbocycles. The lowest BCUT2D eigenvalue weighted by Crippen LogP contribution is -2.39. The highest BCUT2D eigenvalue weighted by atomic mass is 35.5. The molecular formula is C85H115Cl3N24O4S. The number of carbonyl (C=O) groups excluding carboxylic acids is 2. The summed E-state index contributed by atoms with van der Waals surface area (Å²) in [6.07, 6.45) is 21.0. The first kappa shape index (κ1) is 85.8. The minimum absolute atomic E-state index is 0.248. The van der Waals surface area contributed by atoms with E-state index < -0.39 is 10.0 Å². The highest BCUT2D eigenvalue weighted by molar-refractivity contribution is 7.89. The van der Waals surface area contributed by atoms with Gasteiger partial charge >= 0.3 is 0 Å². The number of carbonyl (C=O) groups is 2. The Balaban J connectivity index is 0.000000152. The summed E-state index contributed by atoms with van der Waals surface area (Å²) < 4.78 is 27.6. The predicted molar refractivity (Wildman–Crippen MR) is 468 cm³/mol. The van der Waals surface area contributed by atoms with Crippen LogP contribution in [-0.2, 0) is 19.6 Å². The van der Waals surface area contributed by atoms with Crippen LogP contribution in [0.15, 0.2) is 73.2 Å². The molecule has 0 bridgehead atoms. The number of H-pyrrole nitrogens is 3. The van der Waals surface area contributed by atoms with Gasteiger partial charge in [0.15, 0.2) is 34.9 Å². The summed E-state index contributed by atoms with van der Waals surface area (Å²) in [7, 11) is -3.20. The summed E-state index contributed by atoms with van der Waals surface area (Å²) in [4.78, 5) is 63.7. The van der Waals surface area contributed by atoms with E-state index in [1.807, 2.05) is 39.0 Å². The van der Waals surface area contributed by atoms with E-state index in [9.17, 15) is 18.0 Å². The second kappa shape index (κ2) is 40.1. The number of hydrogen-bond donors (Lipinski definition) is 9.